The fourth-order valence-corrected chi connectivity index (χ4v) is 4.32. The van der Waals surface area contributed by atoms with Gasteiger partial charge in [-0.1, -0.05) is 18.2 Å². The zero-order valence-electron chi connectivity index (χ0n) is 14.4. The Balaban J connectivity index is 1.52. The van der Waals surface area contributed by atoms with Crippen LogP contribution >= 0.6 is 0 Å². The van der Waals surface area contributed by atoms with Crippen LogP contribution in [0.15, 0.2) is 18.2 Å². The molecule has 128 valence electrons. The second-order valence-electron chi connectivity index (χ2n) is 7.87. The van der Waals surface area contributed by atoms with E-state index < -0.39 is 5.54 Å². The lowest BCUT2D eigenvalue weighted by atomic mass is 9.88. The van der Waals surface area contributed by atoms with Crippen LogP contribution in [-0.2, 0) is 11.2 Å². The van der Waals surface area contributed by atoms with E-state index in [1.165, 1.54) is 5.56 Å². The maximum absolute atomic E-state index is 12.6. The van der Waals surface area contributed by atoms with Crippen molar-refractivity contribution in [1.29, 1.82) is 5.41 Å². The highest BCUT2D eigenvalue weighted by Gasteiger charge is 2.57. The number of rotatable bonds is 4. The standard InChI is InChI=1S/C19H26N4O/c1-19(2,23-18(24)15-13-9-21-10-14(13)15)17(20)12-7-3-5-11-6-4-8-22-16(11)12/h3,5,7,13-15,20-22H,4,6,8-10H2,1-2H3,(H,23,24)/t13-,14?,15+/m1/s1. The summed E-state index contributed by atoms with van der Waals surface area (Å²) in [5, 5.41) is 18.6. The zero-order chi connectivity index (χ0) is 16.9. The Labute approximate surface area is 143 Å². The number of carbonyl (C=O) groups is 1. The van der Waals surface area contributed by atoms with Crippen LogP contribution in [0.5, 0.6) is 0 Å². The number of carbonyl (C=O) groups excluding carboxylic acids is 1. The van der Waals surface area contributed by atoms with E-state index in [9.17, 15) is 4.79 Å². The summed E-state index contributed by atoms with van der Waals surface area (Å²) < 4.78 is 0. The second-order valence-corrected chi connectivity index (χ2v) is 7.87. The number of anilines is 1. The summed E-state index contributed by atoms with van der Waals surface area (Å²) in [6.45, 7) is 6.73. The van der Waals surface area contributed by atoms with Gasteiger partial charge >= 0.3 is 0 Å². The minimum atomic E-state index is -0.671. The fourth-order valence-electron chi connectivity index (χ4n) is 4.32. The van der Waals surface area contributed by atoms with Crippen LogP contribution in [0.25, 0.3) is 0 Å². The molecule has 1 saturated heterocycles. The van der Waals surface area contributed by atoms with E-state index in [1.54, 1.807) is 0 Å². The number of hydrogen-bond acceptors (Lipinski definition) is 4. The van der Waals surface area contributed by atoms with Crippen molar-refractivity contribution < 1.29 is 4.79 Å². The molecule has 5 nitrogen and oxygen atoms in total. The smallest absolute Gasteiger partial charge is 0.224 e. The van der Waals surface area contributed by atoms with Gasteiger partial charge in [-0.15, -0.1) is 0 Å². The number of benzene rings is 1. The van der Waals surface area contributed by atoms with Gasteiger partial charge in [-0.3, -0.25) is 4.79 Å². The molecule has 2 fully saturated rings. The zero-order valence-corrected chi connectivity index (χ0v) is 14.4. The SMILES string of the molecule is CC(C)(NC(=O)[C@@H]1C2CNC[C@H]21)C(=N)c1cccc2c1NCCC2. The summed E-state index contributed by atoms with van der Waals surface area (Å²) in [4.78, 5) is 12.6. The van der Waals surface area contributed by atoms with E-state index in [0.29, 0.717) is 17.5 Å². The van der Waals surface area contributed by atoms with E-state index in [-0.39, 0.29) is 11.8 Å². The lowest BCUT2D eigenvalue weighted by Gasteiger charge is -2.30. The third-order valence-corrected chi connectivity index (χ3v) is 5.80. The van der Waals surface area contributed by atoms with Crippen molar-refractivity contribution in [3.05, 3.63) is 29.3 Å². The third-order valence-electron chi connectivity index (χ3n) is 5.80. The average Bonchev–Trinajstić information content (AvgIpc) is 3.06. The van der Waals surface area contributed by atoms with Gasteiger partial charge in [-0.05, 0) is 57.2 Å². The van der Waals surface area contributed by atoms with Crippen LogP contribution < -0.4 is 16.0 Å². The number of hydrogen-bond donors (Lipinski definition) is 4. The lowest BCUT2D eigenvalue weighted by molar-refractivity contribution is -0.124. The molecule has 5 heteroatoms. The predicted octanol–water partition coefficient (Wildman–Crippen LogP) is 1.77. The highest BCUT2D eigenvalue weighted by atomic mass is 16.2. The molecule has 3 atom stereocenters. The molecule has 4 N–H and O–H groups in total. The average molecular weight is 326 g/mol. The summed E-state index contributed by atoms with van der Waals surface area (Å²) in [5.74, 6) is 1.25. The van der Waals surface area contributed by atoms with Gasteiger partial charge in [-0.25, -0.2) is 0 Å². The molecule has 24 heavy (non-hydrogen) atoms. The Kier molecular flexibility index (Phi) is 3.64. The van der Waals surface area contributed by atoms with Gasteiger partial charge in [0.25, 0.3) is 0 Å². The van der Waals surface area contributed by atoms with Crippen LogP contribution in [0.4, 0.5) is 5.69 Å². The number of amides is 1. The molecule has 0 spiro atoms. The lowest BCUT2D eigenvalue weighted by Crippen LogP contribution is -2.51. The van der Waals surface area contributed by atoms with Crippen molar-refractivity contribution in [1.82, 2.24) is 10.6 Å². The first-order chi connectivity index (χ1) is 11.5. The molecule has 1 aliphatic carbocycles. The highest BCUT2D eigenvalue weighted by Crippen LogP contribution is 2.48. The fraction of sp³-hybridized carbons (Fsp3) is 0.579. The number of aryl methyl sites for hydroxylation is 1. The Hall–Kier alpha value is -1.88. The van der Waals surface area contributed by atoms with Gasteiger partial charge < -0.3 is 21.4 Å². The molecule has 2 aliphatic heterocycles. The van der Waals surface area contributed by atoms with Gasteiger partial charge in [0, 0.05) is 23.7 Å². The van der Waals surface area contributed by atoms with Crippen LogP contribution in [0.2, 0.25) is 0 Å². The molecular weight excluding hydrogens is 300 g/mol. The van der Waals surface area contributed by atoms with Gasteiger partial charge in [0.05, 0.1) is 11.3 Å². The molecule has 1 saturated carbocycles. The second kappa shape index (κ2) is 5.59. The molecule has 1 aromatic rings. The number of piperidine rings is 1. The van der Waals surface area contributed by atoms with Crippen LogP contribution in [-0.4, -0.2) is 36.8 Å². The highest BCUT2D eigenvalue weighted by molar-refractivity contribution is 6.10. The van der Waals surface area contributed by atoms with E-state index in [0.717, 1.165) is 43.7 Å². The summed E-state index contributed by atoms with van der Waals surface area (Å²) in [6.07, 6.45) is 2.18. The van der Waals surface area contributed by atoms with Crippen LogP contribution in [0, 0.1) is 23.2 Å². The molecular formula is C19H26N4O. The minimum Gasteiger partial charge on any atom is -0.384 e. The third kappa shape index (κ3) is 2.51. The van der Waals surface area contributed by atoms with E-state index >= 15 is 0 Å². The van der Waals surface area contributed by atoms with Crippen molar-refractivity contribution in [2.75, 3.05) is 25.0 Å². The normalized spacial score (nSPS) is 27.7. The molecule has 0 aromatic heterocycles. The van der Waals surface area contributed by atoms with Crippen molar-refractivity contribution in [2.24, 2.45) is 17.8 Å². The van der Waals surface area contributed by atoms with Crippen LogP contribution in [0.1, 0.15) is 31.4 Å². The van der Waals surface area contributed by atoms with Gasteiger partial charge in [-0.2, -0.15) is 0 Å². The monoisotopic (exact) mass is 326 g/mol. The van der Waals surface area contributed by atoms with Crippen molar-refractivity contribution in [2.45, 2.75) is 32.2 Å². The maximum atomic E-state index is 12.6. The number of para-hydroxylation sites is 1. The first kappa shape index (κ1) is 15.6. The van der Waals surface area contributed by atoms with Crippen molar-refractivity contribution in [3.63, 3.8) is 0 Å². The molecule has 3 aliphatic rings. The Morgan fingerprint density at radius 2 is 2.04 bits per heavy atom. The largest absolute Gasteiger partial charge is 0.384 e. The minimum absolute atomic E-state index is 0.110. The van der Waals surface area contributed by atoms with Crippen molar-refractivity contribution >= 4 is 17.3 Å². The quantitative estimate of drug-likeness (QED) is 0.637. The maximum Gasteiger partial charge on any atom is 0.224 e. The predicted molar refractivity (Wildman–Crippen MR) is 95.6 cm³/mol. The molecule has 1 aromatic carbocycles. The van der Waals surface area contributed by atoms with Gasteiger partial charge in [0.15, 0.2) is 0 Å². The molecule has 4 rings (SSSR count). The molecule has 1 unspecified atom stereocenters. The molecule has 0 bridgehead atoms. The number of nitrogens with one attached hydrogen (secondary N) is 4. The Bertz CT molecular complexity index is 687. The van der Waals surface area contributed by atoms with E-state index in [2.05, 4.69) is 22.0 Å². The number of fused-ring (bicyclic) bond motifs is 2. The first-order valence-electron chi connectivity index (χ1n) is 8.97. The van der Waals surface area contributed by atoms with E-state index in [4.69, 9.17) is 5.41 Å². The molecule has 2 heterocycles. The molecule has 0 radical (unpaired) electrons. The first-order valence-corrected chi connectivity index (χ1v) is 8.97. The van der Waals surface area contributed by atoms with Gasteiger partial charge in [0.1, 0.15) is 0 Å². The van der Waals surface area contributed by atoms with Gasteiger partial charge in [0.2, 0.25) is 5.91 Å². The van der Waals surface area contributed by atoms with Crippen molar-refractivity contribution in [3.8, 4) is 0 Å². The Morgan fingerprint density at radius 1 is 1.29 bits per heavy atom. The van der Waals surface area contributed by atoms with Crippen LogP contribution in [0.3, 0.4) is 0 Å². The Morgan fingerprint density at radius 3 is 2.79 bits per heavy atom. The summed E-state index contributed by atoms with van der Waals surface area (Å²) in [7, 11) is 0. The summed E-state index contributed by atoms with van der Waals surface area (Å²) in [5.41, 5.74) is 3.06. The summed E-state index contributed by atoms with van der Waals surface area (Å²) in [6, 6.07) is 6.13. The van der Waals surface area contributed by atoms with E-state index in [1.807, 2.05) is 26.0 Å². The summed E-state index contributed by atoms with van der Waals surface area (Å²) >= 11 is 0. The molecule has 1 amide bonds. The topological polar surface area (TPSA) is 77.0 Å².